The Morgan fingerprint density at radius 3 is 2.62 bits per heavy atom. The van der Waals surface area contributed by atoms with Crippen LogP contribution < -0.4 is 9.64 Å². The van der Waals surface area contributed by atoms with Crippen LogP contribution >= 0.6 is 11.6 Å². The second kappa shape index (κ2) is 6.77. The molecule has 2 unspecified atom stereocenters. The first-order valence-corrected chi connectivity index (χ1v) is 8.47. The van der Waals surface area contributed by atoms with Crippen molar-refractivity contribution < 1.29 is 4.74 Å². The first-order chi connectivity index (χ1) is 10.3. The minimum Gasteiger partial charge on any atom is -0.460 e. The van der Waals surface area contributed by atoms with Crippen LogP contribution in [0.3, 0.4) is 0 Å². The molecule has 2 atom stereocenters. The van der Waals surface area contributed by atoms with Crippen LogP contribution in [0.5, 0.6) is 6.01 Å². The summed E-state index contributed by atoms with van der Waals surface area (Å²) in [5.41, 5.74) is 0. The molecule has 21 heavy (non-hydrogen) atoms. The van der Waals surface area contributed by atoms with Crippen molar-refractivity contribution >= 4 is 17.5 Å². The van der Waals surface area contributed by atoms with Crippen LogP contribution in [0.25, 0.3) is 0 Å². The molecule has 0 radical (unpaired) electrons. The third-order valence-electron chi connectivity index (χ3n) is 4.59. The van der Waals surface area contributed by atoms with Crippen molar-refractivity contribution in [1.29, 1.82) is 0 Å². The number of aromatic nitrogens is 3. The van der Waals surface area contributed by atoms with Gasteiger partial charge in [0, 0.05) is 13.1 Å². The van der Waals surface area contributed by atoms with E-state index in [0.717, 1.165) is 25.9 Å². The van der Waals surface area contributed by atoms with Crippen LogP contribution in [0, 0.1) is 5.92 Å². The molecule has 6 heteroatoms. The van der Waals surface area contributed by atoms with Crippen LogP contribution in [0.2, 0.25) is 5.28 Å². The lowest BCUT2D eigenvalue weighted by atomic mass is 9.85. The minimum absolute atomic E-state index is 0.216. The van der Waals surface area contributed by atoms with E-state index >= 15 is 0 Å². The molecule has 116 valence electrons. The lowest BCUT2D eigenvalue weighted by Crippen LogP contribution is -2.31. The number of ether oxygens (including phenoxy) is 1. The molecule has 0 aromatic carbocycles. The smallest absolute Gasteiger partial charge is 0.322 e. The predicted octanol–water partition coefficient (Wildman–Crippen LogP) is 3.47. The van der Waals surface area contributed by atoms with Gasteiger partial charge in [0.15, 0.2) is 0 Å². The van der Waals surface area contributed by atoms with Crippen molar-refractivity contribution in [3.05, 3.63) is 5.28 Å². The highest BCUT2D eigenvalue weighted by molar-refractivity contribution is 6.28. The van der Waals surface area contributed by atoms with Crippen molar-refractivity contribution in [2.45, 2.75) is 58.0 Å². The number of anilines is 1. The molecule has 0 spiro atoms. The molecule has 1 aliphatic carbocycles. The molecule has 5 nitrogen and oxygen atoms in total. The molecule has 1 aliphatic heterocycles. The topological polar surface area (TPSA) is 51.1 Å². The Hall–Kier alpha value is -1.10. The van der Waals surface area contributed by atoms with Gasteiger partial charge in [-0.05, 0) is 56.0 Å². The largest absolute Gasteiger partial charge is 0.460 e. The summed E-state index contributed by atoms with van der Waals surface area (Å²) in [5, 5.41) is 0.228. The Kier molecular flexibility index (Phi) is 4.78. The zero-order valence-corrected chi connectivity index (χ0v) is 13.3. The zero-order chi connectivity index (χ0) is 14.7. The average molecular weight is 311 g/mol. The Bertz CT molecular complexity index is 479. The van der Waals surface area contributed by atoms with Crippen LogP contribution in [0.1, 0.15) is 51.9 Å². The maximum Gasteiger partial charge on any atom is 0.322 e. The molecular formula is C15H23ClN4O. The minimum atomic E-state index is 0.216. The third kappa shape index (κ3) is 3.57. The van der Waals surface area contributed by atoms with E-state index in [9.17, 15) is 0 Å². The fraction of sp³-hybridized carbons (Fsp3) is 0.800. The molecule has 1 saturated carbocycles. The number of nitrogens with zero attached hydrogens (tertiary/aromatic N) is 4. The van der Waals surface area contributed by atoms with Gasteiger partial charge in [-0.2, -0.15) is 15.0 Å². The number of hydrogen-bond donors (Lipinski definition) is 0. The van der Waals surface area contributed by atoms with E-state index in [-0.39, 0.29) is 11.4 Å². The van der Waals surface area contributed by atoms with Gasteiger partial charge in [0.25, 0.3) is 0 Å². The van der Waals surface area contributed by atoms with E-state index in [1.165, 1.54) is 32.1 Å². The summed E-state index contributed by atoms with van der Waals surface area (Å²) in [6, 6.07) is 0.391. The summed E-state index contributed by atoms with van der Waals surface area (Å²) in [6.07, 6.45) is 8.56. The number of hydrogen-bond acceptors (Lipinski definition) is 5. The standard InChI is InChI=1S/C15H23ClN4O/c1-2-11-7-3-4-8-12(11)21-15-18-13(16)17-14(19-15)20-9-5-6-10-20/h11-12H,2-10H2,1H3. The summed E-state index contributed by atoms with van der Waals surface area (Å²) in [5.74, 6) is 1.26. The van der Waals surface area contributed by atoms with Gasteiger partial charge in [-0.1, -0.05) is 13.3 Å². The van der Waals surface area contributed by atoms with Gasteiger partial charge in [0.05, 0.1) is 0 Å². The van der Waals surface area contributed by atoms with Crippen LogP contribution in [0.4, 0.5) is 5.95 Å². The molecule has 2 heterocycles. The predicted molar refractivity (Wildman–Crippen MR) is 82.9 cm³/mol. The second-order valence-corrected chi connectivity index (χ2v) is 6.33. The second-order valence-electron chi connectivity index (χ2n) is 5.99. The fourth-order valence-corrected chi connectivity index (χ4v) is 3.51. The van der Waals surface area contributed by atoms with Crippen molar-refractivity contribution in [3.8, 4) is 6.01 Å². The highest BCUT2D eigenvalue weighted by Crippen LogP contribution is 2.30. The lowest BCUT2D eigenvalue weighted by Gasteiger charge is -2.30. The van der Waals surface area contributed by atoms with Gasteiger partial charge in [-0.3, -0.25) is 0 Å². The highest BCUT2D eigenvalue weighted by Gasteiger charge is 2.27. The Balaban J connectivity index is 1.74. The van der Waals surface area contributed by atoms with Crippen molar-refractivity contribution in [3.63, 3.8) is 0 Å². The molecule has 2 fully saturated rings. The van der Waals surface area contributed by atoms with E-state index in [1.807, 2.05) is 0 Å². The van der Waals surface area contributed by atoms with E-state index < -0.39 is 0 Å². The summed E-state index contributed by atoms with van der Waals surface area (Å²) >= 11 is 6.05. The lowest BCUT2D eigenvalue weighted by molar-refractivity contribution is 0.0808. The molecule has 2 aliphatic rings. The van der Waals surface area contributed by atoms with E-state index in [1.54, 1.807) is 0 Å². The number of halogens is 1. The number of rotatable bonds is 4. The first kappa shape index (κ1) is 14.8. The SMILES string of the molecule is CCC1CCCCC1Oc1nc(Cl)nc(N2CCCC2)n1. The maximum absolute atomic E-state index is 6.07. The molecule has 1 aromatic heterocycles. The summed E-state index contributed by atoms with van der Waals surface area (Å²) < 4.78 is 6.07. The van der Waals surface area contributed by atoms with Gasteiger partial charge < -0.3 is 9.64 Å². The monoisotopic (exact) mass is 310 g/mol. The average Bonchev–Trinajstić information content (AvgIpc) is 3.01. The van der Waals surface area contributed by atoms with Gasteiger partial charge >= 0.3 is 6.01 Å². The van der Waals surface area contributed by atoms with Gasteiger partial charge in [-0.15, -0.1) is 0 Å². The molecule has 0 amide bonds. The van der Waals surface area contributed by atoms with Crippen molar-refractivity contribution in [1.82, 2.24) is 15.0 Å². The molecule has 0 N–H and O–H groups in total. The Morgan fingerprint density at radius 1 is 1.10 bits per heavy atom. The Morgan fingerprint density at radius 2 is 1.86 bits per heavy atom. The molecule has 1 saturated heterocycles. The molecule has 0 bridgehead atoms. The van der Waals surface area contributed by atoms with Crippen LogP contribution in [-0.4, -0.2) is 34.1 Å². The van der Waals surface area contributed by atoms with E-state index in [0.29, 0.717) is 17.9 Å². The molecular weight excluding hydrogens is 288 g/mol. The highest BCUT2D eigenvalue weighted by atomic mass is 35.5. The first-order valence-electron chi connectivity index (χ1n) is 8.09. The van der Waals surface area contributed by atoms with Gasteiger partial charge in [-0.25, -0.2) is 0 Å². The van der Waals surface area contributed by atoms with Crippen LogP contribution in [0.15, 0.2) is 0 Å². The summed E-state index contributed by atoms with van der Waals surface area (Å²) in [7, 11) is 0. The summed E-state index contributed by atoms with van der Waals surface area (Å²) in [4.78, 5) is 15.0. The van der Waals surface area contributed by atoms with Gasteiger partial charge in [0.2, 0.25) is 11.2 Å². The Labute approximate surface area is 131 Å². The van der Waals surface area contributed by atoms with E-state index in [4.69, 9.17) is 16.3 Å². The van der Waals surface area contributed by atoms with Crippen molar-refractivity contribution in [2.24, 2.45) is 5.92 Å². The van der Waals surface area contributed by atoms with Crippen LogP contribution in [-0.2, 0) is 0 Å². The third-order valence-corrected chi connectivity index (χ3v) is 4.75. The van der Waals surface area contributed by atoms with E-state index in [2.05, 4.69) is 26.8 Å². The van der Waals surface area contributed by atoms with Crippen molar-refractivity contribution in [2.75, 3.05) is 18.0 Å². The fourth-order valence-electron chi connectivity index (χ4n) is 3.36. The zero-order valence-electron chi connectivity index (χ0n) is 12.6. The summed E-state index contributed by atoms with van der Waals surface area (Å²) in [6.45, 7) is 4.20. The molecule has 3 rings (SSSR count). The normalized spacial score (nSPS) is 26.1. The maximum atomic E-state index is 6.07. The van der Waals surface area contributed by atoms with Gasteiger partial charge in [0.1, 0.15) is 6.10 Å². The quantitative estimate of drug-likeness (QED) is 0.852. The molecule has 1 aromatic rings.